The Morgan fingerprint density at radius 2 is 2.07 bits per heavy atom. The van der Waals surface area contributed by atoms with Gasteiger partial charge in [-0.3, -0.25) is 4.79 Å². The molecule has 4 aliphatic heterocycles. The molecule has 0 N–H and O–H groups in total. The summed E-state index contributed by atoms with van der Waals surface area (Å²) >= 11 is 0. The number of fused-ring (bicyclic) bond motifs is 2. The van der Waals surface area contributed by atoms with Crippen LogP contribution in [0.1, 0.15) is 65.2 Å². The highest BCUT2D eigenvalue weighted by Gasteiger charge is 2.69. The van der Waals surface area contributed by atoms with Crippen LogP contribution in [-0.4, -0.2) is 34.8 Å². The number of hydrogen-bond acceptors (Lipinski definition) is 6. The van der Waals surface area contributed by atoms with E-state index in [2.05, 4.69) is 13.8 Å². The zero-order chi connectivity index (χ0) is 21.1. The van der Waals surface area contributed by atoms with Crippen LogP contribution in [0.25, 0.3) is 0 Å². The first-order valence-electron chi connectivity index (χ1n) is 11.4. The van der Waals surface area contributed by atoms with Crippen LogP contribution in [0, 0.1) is 23.7 Å². The van der Waals surface area contributed by atoms with Crippen LogP contribution in [0.3, 0.4) is 0 Å². The van der Waals surface area contributed by atoms with E-state index in [4.69, 9.17) is 24.0 Å². The van der Waals surface area contributed by atoms with Crippen molar-refractivity contribution in [2.45, 2.75) is 83.7 Å². The lowest BCUT2D eigenvalue weighted by Gasteiger charge is -2.60. The Morgan fingerprint density at radius 1 is 1.23 bits per heavy atom. The number of rotatable bonds is 4. The molecule has 30 heavy (non-hydrogen) atoms. The van der Waals surface area contributed by atoms with Crippen LogP contribution < -0.4 is 0 Å². The van der Waals surface area contributed by atoms with E-state index in [0.29, 0.717) is 18.4 Å². The average Bonchev–Trinajstić information content (AvgIpc) is 3.03. The monoisotopic (exact) mass is 419 g/mol. The van der Waals surface area contributed by atoms with E-state index in [1.165, 1.54) is 6.42 Å². The molecule has 0 radical (unpaired) electrons. The molecule has 6 rings (SSSR count). The van der Waals surface area contributed by atoms with Crippen molar-refractivity contribution in [3.63, 3.8) is 0 Å². The van der Waals surface area contributed by atoms with Crippen molar-refractivity contribution in [3.8, 4) is 0 Å². The molecular weight excluding hydrogens is 386 g/mol. The second kappa shape index (κ2) is 7.33. The van der Waals surface area contributed by atoms with Gasteiger partial charge in [-0.15, -0.1) is 0 Å². The fraction of sp³-hybridized carbons (Fsp3) is 0.783. The molecule has 0 amide bonds. The minimum Gasteiger partial charge on any atom is -0.465 e. The Balaban J connectivity index is 1.50. The number of nitrogens with zero attached hydrogens (tertiary/aromatic N) is 1. The molecule has 1 aliphatic carbocycles. The molecule has 1 spiro atoms. The fourth-order valence-electron chi connectivity index (χ4n) is 6.42. The summed E-state index contributed by atoms with van der Waals surface area (Å²) in [4.78, 5) is 24.2. The van der Waals surface area contributed by atoms with Gasteiger partial charge in [0.15, 0.2) is 11.9 Å². The Morgan fingerprint density at radius 3 is 2.87 bits per heavy atom. The van der Waals surface area contributed by atoms with Crippen molar-refractivity contribution in [1.29, 1.82) is 0 Å². The van der Waals surface area contributed by atoms with E-state index in [0.717, 1.165) is 25.0 Å². The maximum absolute atomic E-state index is 12.1. The molecule has 0 unspecified atom stereocenters. The lowest BCUT2D eigenvalue weighted by Crippen LogP contribution is -2.69. The van der Waals surface area contributed by atoms with Crippen LogP contribution in [0.2, 0.25) is 0 Å². The van der Waals surface area contributed by atoms with Crippen LogP contribution >= 0.6 is 0 Å². The van der Waals surface area contributed by atoms with Crippen LogP contribution in [0.15, 0.2) is 18.3 Å². The van der Waals surface area contributed by atoms with E-state index in [-0.39, 0.29) is 30.5 Å². The molecule has 1 aromatic heterocycles. The first-order valence-corrected chi connectivity index (χ1v) is 11.4. The van der Waals surface area contributed by atoms with Gasteiger partial charge in [0.25, 0.3) is 0 Å². The predicted molar refractivity (Wildman–Crippen MR) is 107 cm³/mol. The topological polar surface area (TPSA) is 68.2 Å². The summed E-state index contributed by atoms with van der Waals surface area (Å²) in [7, 11) is 0. The molecule has 7 heteroatoms. The SMILES string of the molecule is CCOC(=O)Cn1cccc1[C@@H]1O[C@@H]2O[C@@]3(C)CC[C@H]4[C@H](C)CC[C@@H]([C@H]1C)[C@@]24OO3. The summed E-state index contributed by atoms with van der Waals surface area (Å²) in [6.07, 6.45) is 5.29. The second-order valence-electron chi connectivity index (χ2n) is 9.69. The lowest BCUT2D eigenvalue weighted by atomic mass is 9.57. The summed E-state index contributed by atoms with van der Waals surface area (Å²) in [6, 6.07) is 4.00. The van der Waals surface area contributed by atoms with Gasteiger partial charge in [0, 0.05) is 24.2 Å². The van der Waals surface area contributed by atoms with Crippen molar-refractivity contribution in [3.05, 3.63) is 24.0 Å². The fourth-order valence-corrected chi connectivity index (χ4v) is 6.42. The largest absolute Gasteiger partial charge is 0.465 e. The number of esters is 1. The summed E-state index contributed by atoms with van der Waals surface area (Å²) in [5.74, 6) is 0.320. The first-order chi connectivity index (χ1) is 14.4. The van der Waals surface area contributed by atoms with Gasteiger partial charge in [-0.25, -0.2) is 9.78 Å². The number of ether oxygens (including phenoxy) is 3. The van der Waals surface area contributed by atoms with Gasteiger partial charge in [0.2, 0.25) is 5.79 Å². The van der Waals surface area contributed by atoms with Crippen molar-refractivity contribution in [1.82, 2.24) is 4.57 Å². The van der Waals surface area contributed by atoms with E-state index in [1.54, 1.807) is 0 Å². The van der Waals surface area contributed by atoms with E-state index in [1.807, 2.05) is 36.7 Å². The molecular formula is C23H33NO6. The standard InChI is InChI=1S/C23H33NO6/c1-5-26-19(25)13-24-12-6-7-18(24)20-15(3)17-9-8-14(2)16-10-11-22(4)28-21(27-20)23(16,17)30-29-22/h6-7,12,14-17,20-21H,5,8-11,13H2,1-4H3/t14-,15-,16+,17+,20-,21-,22-,23-/m1/s1. The van der Waals surface area contributed by atoms with E-state index >= 15 is 0 Å². The third-order valence-corrected chi connectivity index (χ3v) is 7.92. The van der Waals surface area contributed by atoms with Crippen molar-refractivity contribution >= 4 is 5.97 Å². The Bertz CT molecular complexity index is 809. The van der Waals surface area contributed by atoms with Gasteiger partial charge >= 0.3 is 5.97 Å². The van der Waals surface area contributed by atoms with Crippen LogP contribution in [0.5, 0.6) is 0 Å². The number of carbonyl (C=O) groups is 1. The molecule has 0 aromatic carbocycles. The third-order valence-electron chi connectivity index (χ3n) is 7.92. The van der Waals surface area contributed by atoms with Crippen molar-refractivity contribution < 1.29 is 28.8 Å². The molecule has 4 saturated heterocycles. The Kier molecular flexibility index (Phi) is 5.01. The molecule has 5 heterocycles. The maximum atomic E-state index is 12.1. The van der Waals surface area contributed by atoms with Gasteiger partial charge in [-0.05, 0) is 63.0 Å². The maximum Gasteiger partial charge on any atom is 0.325 e. The Hall–Kier alpha value is -1.41. The Labute approximate surface area is 177 Å². The summed E-state index contributed by atoms with van der Waals surface area (Å²) < 4.78 is 20.2. The van der Waals surface area contributed by atoms with Gasteiger partial charge < -0.3 is 18.8 Å². The summed E-state index contributed by atoms with van der Waals surface area (Å²) in [6.45, 7) is 8.87. The molecule has 5 aliphatic rings. The third kappa shape index (κ3) is 2.97. The minimum absolute atomic E-state index is 0.182. The van der Waals surface area contributed by atoms with Crippen molar-refractivity contribution in [2.75, 3.05) is 6.61 Å². The highest BCUT2D eigenvalue weighted by Crippen LogP contribution is 2.62. The second-order valence-corrected chi connectivity index (χ2v) is 9.69. The molecule has 7 nitrogen and oxygen atoms in total. The number of carbonyl (C=O) groups excluding carboxylic acids is 1. The first kappa shape index (κ1) is 20.5. The number of aromatic nitrogens is 1. The van der Waals surface area contributed by atoms with Crippen LogP contribution in [0.4, 0.5) is 0 Å². The molecule has 1 saturated carbocycles. The van der Waals surface area contributed by atoms with E-state index in [9.17, 15) is 4.79 Å². The van der Waals surface area contributed by atoms with Crippen LogP contribution in [-0.2, 0) is 35.3 Å². The lowest BCUT2D eigenvalue weighted by molar-refractivity contribution is -0.571. The zero-order valence-electron chi connectivity index (χ0n) is 18.3. The average molecular weight is 420 g/mol. The molecule has 2 bridgehead atoms. The quantitative estimate of drug-likeness (QED) is 0.543. The van der Waals surface area contributed by atoms with E-state index < -0.39 is 17.7 Å². The van der Waals surface area contributed by atoms with Gasteiger partial charge in [-0.1, -0.05) is 13.8 Å². The highest BCUT2D eigenvalue weighted by molar-refractivity contribution is 5.69. The molecule has 5 fully saturated rings. The van der Waals surface area contributed by atoms with Gasteiger partial charge in [-0.2, -0.15) is 0 Å². The summed E-state index contributed by atoms with van der Waals surface area (Å²) in [5, 5.41) is 0. The molecule has 1 aromatic rings. The smallest absolute Gasteiger partial charge is 0.325 e. The minimum atomic E-state index is -0.782. The normalized spacial score (nSPS) is 44.9. The highest BCUT2D eigenvalue weighted by atomic mass is 17.3. The van der Waals surface area contributed by atoms with Gasteiger partial charge in [0.1, 0.15) is 12.6 Å². The zero-order valence-corrected chi connectivity index (χ0v) is 18.3. The van der Waals surface area contributed by atoms with Gasteiger partial charge in [0.05, 0.1) is 6.61 Å². The molecule has 166 valence electrons. The van der Waals surface area contributed by atoms with Crippen molar-refractivity contribution in [2.24, 2.45) is 23.7 Å². The summed E-state index contributed by atoms with van der Waals surface area (Å²) in [5.41, 5.74) is 0.415. The number of hydrogen-bond donors (Lipinski definition) is 0. The predicted octanol–water partition coefficient (Wildman–Crippen LogP) is 3.97. The molecule has 8 atom stereocenters.